The van der Waals surface area contributed by atoms with Crippen LogP contribution in [0.5, 0.6) is 11.6 Å². The Kier molecular flexibility index (Phi) is 4.52. The molecule has 0 fully saturated rings. The molecule has 0 aliphatic carbocycles. The van der Waals surface area contributed by atoms with E-state index in [1.807, 2.05) is 13.8 Å². The maximum Gasteiger partial charge on any atom is 0.226 e. The van der Waals surface area contributed by atoms with Crippen molar-refractivity contribution in [2.24, 2.45) is 5.92 Å². The zero-order valence-electron chi connectivity index (χ0n) is 12.2. The van der Waals surface area contributed by atoms with Gasteiger partial charge in [0.15, 0.2) is 0 Å². The second-order valence-corrected chi connectivity index (χ2v) is 5.04. The standard InChI is InChI=1S/C16H17FN2O2/c1-10(2)16(20)19-12-4-7-15(18-9-12)21-13-5-6-14(17)11(3)8-13/h4-10H,1-3H3,(H,19,20). The van der Waals surface area contributed by atoms with Gasteiger partial charge in [0.2, 0.25) is 11.8 Å². The SMILES string of the molecule is Cc1cc(Oc2ccc(NC(=O)C(C)C)cn2)ccc1F. The number of hydrogen-bond donors (Lipinski definition) is 1. The minimum Gasteiger partial charge on any atom is -0.439 e. The molecule has 0 atom stereocenters. The third-order valence-corrected chi connectivity index (χ3v) is 2.88. The summed E-state index contributed by atoms with van der Waals surface area (Å²) in [5.41, 5.74) is 1.12. The first kappa shape index (κ1) is 15.0. The Hall–Kier alpha value is -2.43. The predicted molar refractivity (Wildman–Crippen MR) is 78.9 cm³/mol. The van der Waals surface area contributed by atoms with E-state index in [1.165, 1.54) is 12.3 Å². The number of halogens is 1. The number of ether oxygens (including phenoxy) is 1. The molecule has 0 spiro atoms. The molecule has 4 nitrogen and oxygen atoms in total. The van der Waals surface area contributed by atoms with E-state index in [4.69, 9.17) is 4.74 Å². The van der Waals surface area contributed by atoms with Gasteiger partial charge in [-0.25, -0.2) is 9.37 Å². The first-order chi connectivity index (χ1) is 9.95. The van der Waals surface area contributed by atoms with Gasteiger partial charge in [-0.3, -0.25) is 4.79 Å². The van der Waals surface area contributed by atoms with Crippen LogP contribution >= 0.6 is 0 Å². The first-order valence-corrected chi connectivity index (χ1v) is 6.66. The molecule has 2 aromatic rings. The fourth-order valence-electron chi connectivity index (χ4n) is 1.60. The third-order valence-electron chi connectivity index (χ3n) is 2.88. The van der Waals surface area contributed by atoms with Crippen molar-refractivity contribution in [3.05, 3.63) is 47.9 Å². The summed E-state index contributed by atoms with van der Waals surface area (Å²) in [6.07, 6.45) is 1.52. The number of nitrogens with one attached hydrogen (secondary N) is 1. The van der Waals surface area contributed by atoms with Gasteiger partial charge < -0.3 is 10.1 Å². The van der Waals surface area contributed by atoms with E-state index in [-0.39, 0.29) is 17.6 Å². The van der Waals surface area contributed by atoms with Crippen LogP contribution in [0, 0.1) is 18.7 Å². The van der Waals surface area contributed by atoms with Crippen LogP contribution in [0.1, 0.15) is 19.4 Å². The number of amides is 1. The minimum atomic E-state index is -0.276. The smallest absolute Gasteiger partial charge is 0.226 e. The summed E-state index contributed by atoms with van der Waals surface area (Å²) in [6.45, 7) is 5.30. The van der Waals surface area contributed by atoms with Crippen LogP contribution in [-0.4, -0.2) is 10.9 Å². The number of aromatic nitrogens is 1. The highest BCUT2D eigenvalue weighted by atomic mass is 19.1. The summed E-state index contributed by atoms with van der Waals surface area (Å²) >= 11 is 0. The van der Waals surface area contributed by atoms with Crippen LogP contribution in [-0.2, 0) is 4.79 Å². The van der Waals surface area contributed by atoms with Gasteiger partial charge in [-0.15, -0.1) is 0 Å². The van der Waals surface area contributed by atoms with Crippen LogP contribution in [0.15, 0.2) is 36.5 Å². The van der Waals surface area contributed by atoms with E-state index in [9.17, 15) is 9.18 Å². The van der Waals surface area contributed by atoms with Crippen molar-refractivity contribution in [2.45, 2.75) is 20.8 Å². The summed E-state index contributed by atoms with van der Waals surface area (Å²) in [5, 5.41) is 2.74. The normalized spacial score (nSPS) is 10.5. The van der Waals surface area contributed by atoms with Crippen LogP contribution in [0.4, 0.5) is 10.1 Å². The molecule has 0 aliphatic heterocycles. The molecule has 2 rings (SSSR count). The topological polar surface area (TPSA) is 51.2 Å². The molecule has 110 valence electrons. The molecule has 0 saturated heterocycles. The molecule has 1 N–H and O–H groups in total. The van der Waals surface area contributed by atoms with E-state index >= 15 is 0 Å². The van der Waals surface area contributed by atoms with Gasteiger partial charge in [0.1, 0.15) is 11.6 Å². The van der Waals surface area contributed by atoms with Crippen molar-refractivity contribution in [3.8, 4) is 11.6 Å². The molecule has 0 unspecified atom stereocenters. The van der Waals surface area contributed by atoms with E-state index in [1.54, 1.807) is 31.2 Å². The maximum absolute atomic E-state index is 13.2. The number of carbonyl (C=O) groups is 1. The lowest BCUT2D eigenvalue weighted by molar-refractivity contribution is -0.118. The van der Waals surface area contributed by atoms with Crippen LogP contribution < -0.4 is 10.1 Å². The quantitative estimate of drug-likeness (QED) is 0.927. The number of aryl methyl sites for hydroxylation is 1. The molecule has 1 amide bonds. The first-order valence-electron chi connectivity index (χ1n) is 6.66. The van der Waals surface area contributed by atoms with Gasteiger partial charge >= 0.3 is 0 Å². The Labute approximate surface area is 123 Å². The second-order valence-electron chi connectivity index (χ2n) is 5.04. The Morgan fingerprint density at radius 2 is 2.05 bits per heavy atom. The van der Waals surface area contributed by atoms with Crippen LogP contribution in [0.3, 0.4) is 0 Å². The molecule has 0 aliphatic rings. The summed E-state index contributed by atoms with van der Waals surface area (Å²) in [5.74, 6) is 0.453. The molecule has 1 aromatic carbocycles. The van der Waals surface area contributed by atoms with Crippen molar-refractivity contribution in [1.29, 1.82) is 0 Å². The maximum atomic E-state index is 13.2. The molecule has 1 heterocycles. The highest BCUT2D eigenvalue weighted by Gasteiger charge is 2.08. The zero-order valence-corrected chi connectivity index (χ0v) is 12.2. The van der Waals surface area contributed by atoms with E-state index in [0.29, 0.717) is 22.9 Å². The molecule has 5 heteroatoms. The molecule has 21 heavy (non-hydrogen) atoms. The largest absolute Gasteiger partial charge is 0.439 e. The summed E-state index contributed by atoms with van der Waals surface area (Å²) in [7, 11) is 0. The summed E-state index contributed by atoms with van der Waals surface area (Å²) in [4.78, 5) is 15.7. The number of hydrogen-bond acceptors (Lipinski definition) is 3. The fraction of sp³-hybridized carbons (Fsp3) is 0.250. The lowest BCUT2D eigenvalue weighted by atomic mass is 10.2. The Morgan fingerprint density at radius 1 is 1.29 bits per heavy atom. The number of carbonyl (C=O) groups excluding carboxylic acids is 1. The molecular weight excluding hydrogens is 271 g/mol. The molecular formula is C16H17FN2O2. The summed E-state index contributed by atoms with van der Waals surface area (Å²) in [6, 6.07) is 7.85. The van der Waals surface area contributed by atoms with Gasteiger partial charge in [0.05, 0.1) is 11.9 Å². The average molecular weight is 288 g/mol. The van der Waals surface area contributed by atoms with Crippen molar-refractivity contribution in [1.82, 2.24) is 4.98 Å². The third kappa shape index (κ3) is 4.02. The average Bonchev–Trinajstić information content (AvgIpc) is 2.45. The number of rotatable bonds is 4. The van der Waals surface area contributed by atoms with Crippen molar-refractivity contribution < 1.29 is 13.9 Å². The Morgan fingerprint density at radius 3 is 2.62 bits per heavy atom. The molecule has 0 radical (unpaired) electrons. The summed E-state index contributed by atoms with van der Waals surface area (Å²) < 4.78 is 18.7. The van der Waals surface area contributed by atoms with Crippen molar-refractivity contribution >= 4 is 11.6 Å². The fourth-order valence-corrected chi connectivity index (χ4v) is 1.60. The molecule has 0 saturated carbocycles. The van der Waals surface area contributed by atoms with Gasteiger partial charge in [-0.1, -0.05) is 13.8 Å². The lowest BCUT2D eigenvalue weighted by Crippen LogP contribution is -2.17. The monoisotopic (exact) mass is 288 g/mol. The van der Waals surface area contributed by atoms with Crippen LogP contribution in [0.2, 0.25) is 0 Å². The van der Waals surface area contributed by atoms with E-state index in [2.05, 4.69) is 10.3 Å². The lowest BCUT2D eigenvalue weighted by Gasteiger charge is -2.09. The number of benzene rings is 1. The van der Waals surface area contributed by atoms with Gasteiger partial charge in [0, 0.05) is 12.0 Å². The van der Waals surface area contributed by atoms with E-state index < -0.39 is 0 Å². The number of anilines is 1. The Balaban J connectivity index is 2.05. The predicted octanol–water partition coefficient (Wildman–Crippen LogP) is 3.92. The Bertz CT molecular complexity index is 639. The molecule has 1 aromatic heterocycles. The zero-order chi connectivity index (χ0) is 15.4. The van der Waals surface area contributed by atoms with E-state index in [0.717, 1.165) is 0 Å². The van der Waals surface area contributed by atoms with Crippen LogP contribution in [0.25, 0.3) is 0 Å². The van der Waals surface area contributed by atoms with Gasteiger partial charge in [-0.2, -0.15) is 0 Å². The second kappa shape index (κ2) is 6.35. The number of pyridine rings is 1. The van der Waals surface area contributed by atoms with Gasteiger partial charge in [0.25, 0.3) is 0 Å². The van der Waals surface area contributed by atoms with Crippen molar-refractivity contribution in [2.75, 3.05) is 5.32 Å². The van der Waals surface area contributed by atoms with Gasteiger partial charge in [-0.05, 0) is 36.8 Å². The minimum absolute atomic E-state index is 0.0698. The highest BCUT2D eigenvalue weighted by Crippen LogP contribution is 2.22. The highest BCUT2D eigenvalue weighted by molar-refractivity contribution is 5.91. The molecule has 0 bridgehead atoms. The van der Waals surface area contributed by atoms with Crippen molar-refractivity contribution in [3.63, 3.8) is 0 Å². The number of nitrogens with zero attached hydrogens (tertiary/aromatic N) is 1.